The SMILES string of the molecule is CNc1nc(C2CC2)nc(N(C)CC2CC2)c1C. The second kappa shape index (κ2) is 4.41. The van der Waals surface area contributed by atoms with Gasteiger partial charge in [0.2, 0.25) is 0 Å². The first-order chi connectivity index (χ1) is 8.69. The zero-order chi connectivity index (χ0) is 12.7. The monoisotopic (exact) mass is 246 g/mol. The summed E-state index contributed by atoms with van der Waals surface area (Å²) in [6, 6.07) is 0. The van der Waals surface area contributed by atoms with Gasteiger partial charge in [0.25, 0.3) is 0 Å². The molecular formula is C14H22N4. The number of rotatable bonds is 5. The van der Waals surface area contributed by atoms with Crippen LogP contribution in [0.15, 0.2) is 0 Å². The quantitative estimate of drug-likeness (QED) is 0.867. The molecule has 2 aliphatic rings. The maximum absolute atomic E-state index is 4.80. The van der Waals surface area contributed by atoms with E-state index in [-0.39, 0.29) is 0 Å². The van der Waals surface area contributed by atoms with Crippen LogP contribution in [0.1, 0.15) is 43.0 Å². The van der Waals surface area contributed by atoms with Crippen LogP contribution >= 0.6 is 0 Å². The van der Waals surface area contributed by atoms with E-state index in [2.05, 4.69) is 29.2 Å². The molecular weight excluding hydrogens is 224 g/mol. The molecule has 0 aliphatic heterocycles. The van der Waals surface area contributed by atoms with Crippen molar-refractivity contribution >= 4 is 11.6 Å². The molecule has 0 unspecified atom stereocenters. The van der Waals surface area contributed by atoms with E-state index in [0.29, 0.717) is 5.92 Å². The Labute approximate surface area is 109 Å². The zero-order valence-corrected chi connectivity index (χ0v) is 11.5. The lowest BCUT2D eigenvalue weighted by atomic mass is 10.2. The van der Waals surface area contributed by atoms with Gasteiger partial charge in [-0.05, 0) is 38.5 Å². The van der Waals surface area contributed by atoms with Crippen molar-refractivity contribution in [1.82, 2.24) is 9.97 Å². The minimum atomic E-state index is 0.603. The van der Waals surface area contributed by atoms with Crippen molar-refractivity contribution in [2.75, 3.05) is 30.9 Å². The van der Waals surface area contributed by atoms with Gasteiger partial charge in [-0.2, -0.15) is 0 Å². The molecule has 0 amide bonds. The molecule has 0 bridgehead atoms. The second-order valence-corrected chi connectivity index (χ2v) is 5.73. The first-order valence-corrected chi connectivity index (χ1v) is 6.96. The number of hydrogen-bond donors (Lipinski definition) is 1. The van der Waals surface area contributed by atoms with E-state index in [0.717, 1.165) is 29.9 Å². The Kier molecular flexibility index (Phi) is 2.88. The van der Waals surface area contributed by atoms with E-state index >= 15 is 0 Å². The van der Waals surface area contributed by atoms with Gasteiger partial charge in [0.1, 0.15) is 17.5 Å². The molecule has 4 heteroatoms. The zero-order valence-electron chi connectivity index (χ0n) is 11.5. The number of hydrogen-bond acceptors (Lipinski definition) is 4. The van der Waals surface area contributed by atoms with Gasteiger partial charge in [0, 0.05) is 32.1 Å². The molecule has 0 aromatic carbocycles. The Morgan fingerprint density at radius 2 is 1.94 bits per heavy atom. The lowest BCUT2D eigenvalue weighted by Crippen LogP contribution is -2.23. The van der Waals surface area contributed by atoms with Gasteiger partial charge in [-0.25, -0.2) is 9.97 Å². The molecule has 4 nitrogen and oxygen atoms in total. The van der Waals surface area contributed by atoms with E-state index in [4.69, 9.17) is 4.98 Å². The van der Waals surface area contributed by atoms with Gasteiger partial charge in [-0.1, -0.05) is 0 Å². The fourth-order valence-electron chi connectivity index (χ4n) is 2.44. The Balaban J connectivity index is 1.91. The molecule has 98 valence electrons. The summed E-state index contributed by atoms with van der Waals surface area (Å²) in [7, 11) is 4.10. The predicted molar refractivity (Wildman–Crippen MR) is 74.3 cm³/mol. The van der Waals surface area contributed by atoms with Gasteiger partial charge >= 0.3 is 0 Å². The summed E-state index contributed by atoms with van der Waals surface area (Å²) in [6.45, 7) is 3.24. The van der Waals surface area contributed by atoms with Crippen molar-refractivity contribution < 1.29 is 0 Å². The van der Waals surface area contributed by atoms with Gasteiger partial charge in [0.15, 0.2) is 0 Å². The average Bonchev–Trinajstić information content (AvgIpc) is 3.22. The van der Waals surface area contributed by atoms with E-state index in [1.807, 2.05) is 7.05 Å². The highest BCUT2D eigenvalue weighted by molar-refractivity contribution is 5.58. The third-order valence-electron chi connectivity index (χ3n) is 3.91. The van der Waals surface area contributed by atoms with Crippen LogP contribution in [0.4, 0.5) is 11.6 Å². The smallest absolute Gasteiger partial charge is 0.137 e. The standard InChI is InChI=1S/C14H22N4/c1-9-12(15-2)16-13(11-6-7-11)17-14(9)18(3)8-10-4-5-10/h10-11H,4-8H2,1-3H3,(H,15,16,17). The molecule has 0 radical (unpaired) electrons. The van der Waals surface area contributed by atoms with E-state index in [1.54, 1.807) is 0 Å². The first kappa shape index (κ1) is 11.8. The summed E-state index contributed by atoms with van der Waals surface area (Å²) >= 11 is 0. The highest BCUT2D eigenvalue weighted by Gasteiger charge is 2.29. The van der Waals surface area contributed by atoms with Crippen LogP contribution < -0.4 is 10.2 Å². The summed E-state index contributed by atoms with van der Waals surface area (Å²) < 4.78 is 0. The van der Waals surface area contributed by atoms with Gasteiger partial charge in [-0.15, -0.1) is 0 Å². The fraction of sp³-hybridized carbons (Fsp3) is 0.714. The number of aromatic nitrogens is 2. The van der Waals surface area contributed by atoms with Crippen LogP contribution in [0.3, 0.4) is 0 Å². The van der Waals surface area contributed by atoms with Crippen LogP contribution in [0.25, 0.3) is 0 Å². The maximum Gasteiger partial charge on any atom is 0.137 e. The van der Waals surface area contributed by atoms with Crippen molar-refractivity contribution in [2.24, 2.45) is 5.92 Å². The molecule has 18 heavy (non-hydrogen) atoms. The van der Waals surface area contributed by atoms with Crippen molar-refractivity contribution in [3.05, 3.63) is 11.4 Å². The molecule has 3 rings (SSSR count). The highest BCUT2D eigenvalue weighted by Crippen LogP contribution is 2.40. The molecule has 0 spiro atoms. The first-order valence-electron chi connectivity index (χ1n) is 6.96. The van der Waals surface area contributed by atoms with Crippen LogP contribution in [0.5, 0.6) is 0 Å². The summed E-state index contributed by atoms with van der Waals surface area (Å²) in [4.78, 5) is 11.7. The average molecular weight is 246 g/mol. The second-order valence-electron chi connectivity index (χ2n) is 5.73. The predicted octanol–water partition coefficient (Wildman–Crippen LogP) is 2.55. The molecule has 0 atom stereocenters. The Hall–Kier alpha value is -1.32. The lowest BCUT2D eigenvalue weighted by Gasteiger charge is -2.22. The summed E-state index contributed by atoms with van der Waals surface area (Å²) in [5, 5.41) is 3.20. The minimum Gasteiger partial charge on any atom is -0.373 e. The van der Waals surface area contributed by atoms with Gasteiger partial charge in [-0.3, -0.25) is 0 Å². The molecule has 1 aromatic rings. The van der Waals surface area contributed by atoms with Crippen molar-refractivity contribution in [3.8, 4) is 0 Å². The van der Waals surface area contributed by atoms with E-state index in [1.165, 1.54) is 31.2 Å². The Morgan fingerprint density at radius 3 is 2.50 bits per heavy atom. The lowest BCUT2D eigenvalue weighted by molar-refractivity contribution is 0.764. The summed E-state index contributed by atoms with van der Waals surface area (Å²) in [5.41, 5.74) is 1.17. The number of nitrogens with one attached hydrogen (secondary N) is 1. The van der Waals surface area contributed by atoms with Crippen LogP contribution in [0, 0.1) is 12.8 Å². The maximum atomic E-state index is 4.80. The molecule has 1 heterocycles. The largest absolute Gasteiger partial charge is 0.373 e. The van der Waals surface area contributed by atoms with Crippen LogP contribution in [-0.4, -0.2) is 30.6 Å². The highest BCUT2D eigenvalue weighted by atomic mass is 15.2. The molecule has 2 fully saturated rings. The van der Waals surface area contributed by atoms with Gasteiger partial charge in [0.05, 0.1) is 0 Å². The van der Waals surface area contributed by atoms with Crippen molar-refractivity contribution in [2.45, 2.75) is 38.5 Å². The molecule has 1 N–H and O–H groups in total. The Morgan fingerprint density at radius 1 is 1.22 bits per heavy atom. The normalized spacial score (nSPS) is 18.8. The summed E-state index contributed by atoms with van der Waals surface area (Å²) in [6.07, 6.45) is 5.25. The molecule has 2 saturated carbocycles. The third kappa shape index (κ3) is 2.28. The van der Waals surface area contributed by atoms with E-state index in [9.17, 15) is 0 Å². The van der Waals surface area contributed by atoms with Crippen LogP contribution in [0.2, 0.25) is 0 Å². The third-order valence-corrected chi connectivity index (χ3v) is 3.91. The fourth-order valence-corrected chi connectivity index (χ4v) is 2.44. The van der Waals surface area contributed by atoms with Crippen molar-refractivity contribution in [1.29, 1.82) is 0 Å². The van der Waals surface area contributed by atoms with Crippen LogP contribution in [-0.2, 0) is 0 Å². The number of nitrogens with zero attached hydrogens (tertiary/aromatic N) is 3. The topological polar surface area (TPSA) is 41.1 Å². The molecule has 2 aliphatic carbocycles. The minimum absolute atomic E-state index is 0.603. The van der Waals surface area contributed by atoms with Crippen molar-refractivity contribution in [3.63, 3.8) is 0 Å². The Bertz CT molecular complexity index is 449. The van der Waals surface area contributed by atoms with Gasteiger partial charge < -0.3 is 10.2 Å². The summed E-state index contributed by atoms with van der Waals surface area (Å²) in [5.74, 6) is 4.62. The number of anilines is 2. The molecule has 0 saturated heterocycles. The van der Waals surface area contributed by atoms with E-state index < -0.39 is 0 Å². The molecule has 1 aromatic heterocycles.